The van der Waals surface area contributed by atoms with Crippen molar-refractivity contribution in [3.63, 3.8) is 0 Å². The van der Waals surface area contributed by atoms with E-state index in [0.29, 0.717) is 25.9 Å². The molecule has 0 radical (unpaired) electrons. The molecule has 0 spiro atoms. The lowest BCUT2D eigenvalue weighted by molar-refractivity contribution is -0.150. The molecule has 0 heterocycles. The predicted octanol–water partition coefficient (Wildman–Crippen LogP) is 2.88. The third-order valence-electron chi connectivity index (χ3n) is 3.34. The highest BCUT2D eigenvalue weighted by Gasteiger charge is 2.23. The number of ether oxygens (including phenoxy) is 1. The first-order chi connectivity index (χ1) is 8.75. The standard InChI is InChI=1S/C15H18O3/c16-14-8-4-7-13(9-10-14)15(17)18-11-12-5-2-1-3-6-12/h1-3,5-6,13H,4,7-11H2. The van der Waals surface area contributed by atoms with Crippen LogP contribution in [0.2, 0.25) is 0 Å². The van der Waals surface area contributed by atoms with Gasteiger partial charge in [0.1, 0.15) is 12.4 Å². The summed E-state index contributed by atoms with van der Waals surface area (Å²) >= 11 is 0. The molecule has 3 nitrogen and oxygen atoms in total. The van der Waals surface area contributed by atoms with Crippen molar-refractivity contribution in [2.45, 2.75) is 38.7 Å². The summed E-state index contributed by atoms with van der Waals surface area (Å²) in [6.45, 7) is 0.324. The lowest BCUT2D eigenvalue weighted by Crippen LogP contribution is -2.17. The Morgan fingerprint density at radius 2 is 1.94 bits per heavy atom. The van der Waals surface area contributed by atoms with Crippen LogP contribution in [-0.2, 0) is 20.9 Å². The van der Waals surface area contributed by atoms with Crippen molar-refractivity contribution in [1.82, 2.24) is 0 Å². The molecule has 1 aliphatic rings. The third-order valence-corrected chi connectivity index (χ3v) is 3.34. The molecule has 18 heavy (non-hydrogen) atoms. The zero-order chi connectivity index (χ0) is 12.8. The van der Waals surface area contributed by atoms with Crippen LogP contribution >= 0.6 is 0 Å². The first-order valence-corrected chi connectivity index (χ1v) is 6.48. The first kappa shape index (κ1) is 12.8. The number of esters is 1. The Morgan fingerprint density at radius 3 is 2.72 bits per heavy atom. The van der Waals surface area contributed by atoms with Crippen LogP contribution in [0, 0.1) is 5.92 Å². The summed E-state index contributed by atoms with van der Waals surface area (Å²) < 4.78 is 5.31. The Hall–Kier alpha value is -1.64. The van der Waals surface area contributed by atoms with Crippen LogP contribution in [0.1, 0.15) is 37.7 Å². The fraction of sp³-hybridized carbons (Fsp3) is 0.467. The number of hydrogen-bond donors (Lipinski definition) is 0. The van der Waals surface area contributed by atoms with Gasteiger partial charge in [-0.3, -0.25) is 9.59 Å². The average molecular weight is 246 g/mol. The van der Waals surface area contributed by atoms with E-state index in [1.807, 2.05) is 30.3 Å². The Morgan fingerprint density at radius 1 is 1.17 bits per heavy atom. The lowest BCUT2D eigenvalue weighted by atomic mass is 10.0. The van der Waals surface area contributed by atoms with Gasteiger partial charge in [0.25, 0.3) is 0 Å². The molecule has 1 fully saturated rings. The van der Waals surface area contributed by atoms with E-state index >= 15 is 0 Å². The van der Waals surface area contributed by atoms with Crippen molar-refractivity contribution < 1.29 is 14.3 Å². The average Bonchev–Trinajstić information content (AvgIpc) is 2.62. The molecule has 0 aromatic heterocycles. The van der Waals surface area contributed by atoms with E-state index in [4.69, 9.17) is 4.74 Å². The molecule has 1 unspecified atom stereocenters. The maximum atomic E-state index is 11.9. The van der Waals surface area contributed by atoms with Gasteiger partial charge >= 0.3 is 5.97 Å². The van der Waals surface area contributed by atoms with Crippen LogP contribution < -0.4 is 0 Å². The minimum absolute atomic E-state index is 0.0971. The Kier molecular flexibility index (Phi) is 4.51. The Balaban J connectivity index is 1.82. The van der Waals surface area contributed by atoms with Crippen LogP contribution in [-0.4, -0.2) is 11.8 Å². The topological polar surface area (TPSA) is 43.4 Å². The maximum Gasteiger partial charge on any atom is 0.309 e. The largest absolute Gasteiger partial charge is 0.461 e. The molecule has 0 aliphatic heterocycles. The molecule has 1 aromatic rings. The monoisotopic (exact) mass is 246 g/mol. The van der Waals surface area contributed by atoms with Crippen molar-refractivity contribution in [2.75, 3.05) is 0 Å². The van der Waals surface area contributed by atoms with E-state index in [1.54, 1.807) is 0 Å². The maximum absolute atomic E-state index is 11.9. The summed E-state index contributed by atoms with van der Waals surface area (Å²) in [7, 11) is 0. The molecule has 2 rings (SSSR count). The SMILES string of the molecule is O=C1CCCC(C(=O)OCc2ccccc2)CC1. The second-order valence-electron chi connectivity index (χ2n) is 4.76. The molecular formula is C15H18O3. The van der Waals surface area contributed by atoms with Crippen LogP contribution in [0.15, 0.2) is 30.3 Å². The van der Waals surface area contributed by atoms with Gasteiger partial charge in [-0.25, -0.2) is 0 Å². The van der Waals surface area contributed by atoms with Gasteiger partial charge in [-0.05, 0) is 24.8 Å². The number of Topliss-reactive ketones (excluding diaryl/α,β-unsaturated/α-hetero) is 1. The number of rotatable bonds is 3. The van der Waals surface area contributed by atoms with E-state index in [1.165, 1.54) is 0 Å². The van der Waals surface area contributed by atoms with Crippen LogP contribution in [0.5, 0.6) is 0 Å². The van der Waals surface area contributed by atoms with E-state index < -0.39 is 0 Å². The normalized spacial score (nSPS) is 20.2. The molecule has 0 saturated heterocycles. The Labute approximate surface area is 107 Å². The summed E-state index contributed by atoms with van der Waals surface area (Å²) in [6.07, 6.45) is 3.36. The van der Waals surface area contributed by atoms with Gasteiger partial charge in [-0.2, -0.15) is 0 Å². The van der Waals surface area contributed by atoms with E-state index in [2.05, 4.69) is 0 Å². The van der Waals surface area contributed by atoms with Crippen molar-refractivity contribution in [3.05, 3.63) is 35.9 Å². The molecule has 1 atom stereocenters. The molecule has 0 N–H and O–H groups in total. The van der Waals surface area contributed by atoms with Gasteiger partial charge in [-0.15, -0.1) is 0 Å². The number of carbonyl (C=O) groups excluding carboxylic acids is 2. The van der Waals surface area contributed by atoms with Gasteiger partial charge in [0.15, 0.2) is 0 Å². The zero-order valence-corrected chi connectivity index (χ0v) is 10.4. The van der Waals surface area contributed by atoms with Crippen molar-refractivity contribution >= 4 is 11.8 Å². The highest BCUT2D eigenvalue weighted by atomic mass is 16.5. The quantitative estimate of drug-likeness (QED) is 0.608. The molecule has 1 saturated carbocycles. The second-order valence-corrected chi connectivity index (χ2v) is 4.76. The fourth-order valence-electron chi connectivity index (χ4n) is 2.23. The van der Waals surface area contributed by atoms with Gasteiger partial charge < -0.3 is 4.74 Å². The summed E-state index contributed by atoms with van der Waals surface area (Å²) in [5.74, 6) is 0.0158. The molecule has 1 aliphatic carbocycles. The smallest absolute Gasteiger partial charge is 0.309 e. The highest BCUT2D eigenvalue weighted by Crippen LogP contribution is 2.22. The second kappa shape index (κ2) is 6.34. The molecule has 0 bridgehead atoms. The van der Waals surface area contributed by atoms with Crippen molar-refractivity contribution in [3.8, 4) is 0 Å². The minimum Gasteiger partial charge on any atom is -0.461 e. The third kappa shape index (κ3) is 3.69. The molecule has 3 heteroatoms. The van der Waals surface area contributed by atoms with Crippen molar-refractivity contribution in [1.29, 1.82) is 0 Å². The summed E-state index contributed by atoms with van der Waals surface area (Å²) in [5, 5.41) is 0. The number of ketones is 1. The van der Waals surface area contributed by atoms with Crippen molar-refractivity contribution in [2.24, 2.45) is 5.92 Å². The summed E-state index contributed by atoms with van der Waals surface area (Å²) in [4.78, 5) is 23.2. The molecule has 96 valence electrons. The number of hydrogen-bond acceptors (Lipinski definition) is 3. The van der Waals surface area contributed by atoms with Crippen LogP contribution in [0.3, 0.4) is 0 Å². The first-order valence-electron chi connectivity index (χ1n) is 6.48. The lowest BCUT2D eigenvalue weighted by Gasteiger charge is -2.12. The van der Waals surface area contributed by atoms with E-state index in [0.717, 1.165) is 18.4 Å². The molecule has 1 aromatic carbocycles. The number of benzene rings is 1. The number of carbonyl (C=O) groups is 2. The minimum atomic E-state index is -0.159. The Bertz CT molecular complexity index is 411. The summed E-state index contributed by atoms with van der Waals surface area (Å²) in [5.41, 5.74) is 0.996. The van der Waals surface area contributed by atoms with Crippen LogP contribution in [0.25, 0.3) is 0 Å². The van der Waals surface area contributed by atoms with Gasteiger partial charge in [-0.1, -0.05) is 30.3 Å². The molecular weight excluding hydrogens is 228 g/mol. The van der Waals surface area contributed by atoms with Gasteiger partial charge in [0.05, 0.1) is 5.92 Å². The van der Waals surface area contributed by atoms with E-state index in [-0.39, 0.29) is 17.7 Å². The highest BCUT2D eigenvalue weighted by molar-refractivity contribution is 5.80. The zero-order valence-electron chi connectivity index (χ0n) is 10.4. The van der Waals surface area contributed by atoms with E-state index in [9.17, 15) is 9.59 Å². The fourth-order valence-corrected chi connectivity index (χ4v) is 2.23. The van der Waals surface area contributed by atoms with Crippen LogP contribution in [0.4, 0.5) is 0 Å². The molecule has 0 amide bonds. The van der Waals surface area contributed by atoms with Gasteiger partial charge in [0, 0.05) is 12.8 Å². The van der Waals surface area contributed by atoms with Gasteiger partial charge in [0.2, 0.25) is 0 Å². The predicted molar refractivity (Wildman–Crippen MR) is 67.8 cm³/mol. The summed E-state index contributed by atoms with van der Waals surface area (Å²) in [6, 6.07) is 9.65.